The van der Waals surface area contributed by atoms with Crippen LogP contribution in [0.15, 0.2) is 66.9 Å². The van der Waals surface area contributed by atoms with Crippen LogP contribution in [0, 0.1) is 0 Å². The molecular weight excluding hydrogens is 364 g/mol. The average molecular weight is 390 g/mol. The average Bonchev–Trinajstić information content (AvgIpc) is 2.77. The molecule has 0 atom stereocenters. The maximum Gasteiger partial charge on any atom is 0.274 e. The second kappa shape index (κ2) is 10.8. The summed E-state index contributed by atoms with van der Waals surface area (Å²) >= 11 is 0. The van der Waals surface area contributed by atoms with Crippen molar-refractivity contribution in [1.82, 2.24) is 9.97 Å². The molecule has 0 bridgehead atoms. The van der Waals surface area contributed by atoms with E-state index in [9.17, 15) is 4.79 Å². The Kier molecular flexibility index (Phi) is 7.57. The summed E-state index contributed by atoms with van der Waals surface area (Å²) in [5, 5.41) is 6.01. The molecule has 1 aromatic heterocycles. The van der Waals surface area contributed by atoms with Crippen LogP contribution in [0.4, 0.5) is 11.6 Å². The summed E-state index contributed by atoms with van der Waals surface area (Å²) in [6.07, 6.45) is 4.94. The Morgan fingerprint density at radius 2 is 1.79 bits per heavy atom. The van der Waals surface area contributed by atoms with E-state index in [1.165, 1.54) is 0 Å². The Bertz CT molecular complexity index is 898. The highest BCUT2D eigenvalue weighted by molar-refractivity contribution is 6.02. The van der Waals surface area contributed by atoms with Crippen molar-refractivity contribution in [3.05, 3.63) is 78.1 Å². The van der Waals surface area contributed by atoms with Crippen LogP contribution in [0.3, 0.4) is 0 Å². The molecule has 3 rings (SSSR count). The minimum absolute atomic E-state index is 0.276. The summed E-state index contributed by atoms with van der Waals surface area (Å²) in [5.41, 5.74) is 2.10. The Morgan fingerprint density at radius 3 is 2.55 bits per heavy atom. The van der Waals surface area contributed by atoms with Gasteiger partial charge < -0.3 is 15.4 Å². The largest absolute Gasteiger partial charge is 0.489 e. The maximum absolute atomic E-state index is 12.5. The van der Waals surface area contributed by atoms with Crippen LogP contribution in [-0.2, 0) is 6.61 Å². The van der Waals surface area contributed by atoms with Gasteiger partial charge in [-0.2, -0.15) is 0 Å². The third kappa shape index (κ3) is 6.60. The van der Waals surface area contributed by atoms with Gasteiger partial charge in [0.2, 0.25) is 5.95 Å². The van der Waals surface area contributed by atoms with E-state index in [1.54, 1.807) is 12.3 Å². The summed E-state index contributed by atoms with van der Waals surface area (Å²) in [7, 11) is 0. The zero-order valence-corrected chi connectivity index (χ0v) is 16.6. The standard InChI is InChI=1S/C23H26N4O2/c1-2-3-7-15-24-23-25-16-14-21(27-23)22(28)26-19-10-12-20(13-11-19)29-17-18-8-5-4-6-9-18/h4-6,8-14,16H,2-3,7,15,17H2,1H3,(H,26,28)(H,24,25,27). The molecular formula is C23H26N4O2. The van der Waals surface area contributed by atoms with Gasteiger partial charge in [0.25, 0.3) is 5.91 Å². The first-order valence-corrected chi connectivity index (χ1v) is 9.89. The highest BCUT2D eigenvalue weighted by Gasteiger charge is 2.09. The molecule has 6 nitrogen and oxygen atoms in total. The first kappa shape index (κ1) is 20.3. The monoisotopic (exact) mass is 390 g/mol. The molecule has 2 N–H and O–H groups in total. The van der Waals surface area contributed by atoms with Crippen LogP contribution < -0.4 is 15.4 Å². The topological polar surface area (TPSA) is 76.1 Å². The molecule has 0 aliphatic carbocycles. The Balaban J connectivity index is 1.52. The number of hydrogen-bond acceptors (Lipinski definition) is 5. The molecule has 0 spiro atoms. The summed E-state index contributed by atoms with van der Waals surface area (Å²) in [6.45, 7) is 3.45. The second-order valence-corrected chi connectivity index (χ2v) is 6.65. The number of hydrogen-bond donors (Lipinski definition) is 2. The van der Waals surface area contributed by atoms with Gasteiger partial charge in [0.1, 0.15) is 18.1 Å². The van der Waals surface area contributed by atoms with Crippen LogP contribution in [0.25, 0.3) is 0 Å². The molecule has 0 fully saturated rings. The van der Waals surface area contributed by atoms with Crippen LogP contribution in [0.5, 0.6) is 5.75 Å². The van der Waals surface area contributed by atoms with E-state index >= 15 is 0 Å². The fourth-order valence-electron chi connectivity index (χ4n) is 2.72. The van der Waals surface area contributed by atoms with Crippen molar-refractivity contribution in [1.29, 1.82) is 0 Å². The Labute approximate surface area is 171 Å². The summed E-state index contributed by atoms with van der Waals surface area (Å²) in [4.78, 5) is 20.9. The molecule has 2 aromatic carbocycles. The van der Waals surface area contributed by atoms with E-state index < -0.39 is 0 Å². The molecule has 1 heterocycles. The molecule has 0 saturated heterocycles. The molecule has 0 radical (unpaired) electrons. The Morgan fingerprint density at radius 1 is 1.00 bits per heavy atom. The number of unbranched alkanes of at least 4 members (excludes halogenated alkanes) is 2. The number of ether oxygens (including phenoxy) is 1. The molecule has 6 heteroatoms. The van der Waals surface area contributed by atoms with Gasteiger partial charge >= 0.3 is 0 Å². The summed E-state index contributed by atoms with van der Waals surface area (Å²) in [5.74, 6) is 0.938. The molecule has 0 aliphatic heterocycles. The van der Waals surface area contributed by atoms with Gasteiger partial charge in [0.15, 0.2) is 0 Å². The van der Waals surface area contributed by atoms with Gasteiger partial charge in [-0.05, 0) is 42.3 Å². The minimum Gasteiger partial charge on any atom is -0.489 e. The van der Waals surface area contributed by atoms with Gasteiger partial charge in [-0.3, -0.25) is 4.79 Å². The van der Waals surface area contributed by atoms with E-state index in [4.69, 9.17) is 4.74 Å². The molecule has 29 heavy (non-hydrogen) atoms. The van der Waals surface area contributed by atoms with Crippen LogP contribution in [0.1, 0.15) is 42.2 Å². The van der Waals surface area contributed by atoms with E-state index in [1.807, 2.05) is 54.6 Å². The van der Waals surface area contributed by atoms with Crippen LogP contribution in [-0.4, -0.2) is 22.4 Å². The van der Waals surface area contributed by atoms with Gasteiger partial charge in [-0.15, -0.1) is 0 Å². The van der Waals surface area contributed by atoms with E-state index in [-0.39, 0.29) is 5.91 Å². The number of amides is 1. The van der Waals surface area contributed by atoms with Gasteiger partial charge in [-0.25, -0.2) is 9.97 Å². The van der Waals surface area contributed by atoms with Gasteiger partial charge in [-0.1, -0.05) is 50.1 Å². The summed E-state index contributed by atoms with van der Waals surface area (Å²) in [6, 6.07) is 18.9. The minimum atomic E-state index is -0.276. The molecule has 1 amide bonds. The predicted octanol–water partition coefficient (Wildman–Crippen LogP) is 4.91. The number of benzene rings is 2. The SMILES string of the molecule is CCCCCNc1nccc(C(=O)Nc2ccc(OCc3ccccc3)cc2)n1. The first-order valence-electron chi connectivity index (χ1n) is 9.89. The van der Waals surface area contributed by atoms with E-state index in [0.717, 1.165) is 37.1 Å². The van der Waals surface area contributed by atoms with Crippen LogP contribution in [0.2, 0.25) is 0 Å². The number of anilines is 2. The van der Waals surface area contributed by atoms with Crippen molar-refractivity contribution in [3.63, 3.8) is 0 Å². The number of aromatic nitrogens is 2. The molecule has 3 aromatic rings. The first-order chi connectivity index (χ1) is 14.2. The van der Waals surface area contributed by atoms with Crippen molar-refractivity contribution >= 4 is 17.5 Å². The highest BCUT2D eigenvalue weighted by atomic mass is 16.5. The molecule has 0 saturated carbocycles. The normalized spacial score (nSPS) is 10.4. The zero-order valence-electron chi connectivity index (χ0n) is 16.6. The molecule has 0 aliphatic rings. The fourth-order valence-corrected chi connectivity index (χ4v) is 2.72. The van der Waals surface area contributed by atoms with E-state index in [2.05, 4.69) is 27.5 Å². The number of nitrogens with zero attached hydrogens (tertiary/aromatic N) is 2. The lowest BCUT2D eigenvalue weighted by molar-refractivity contribution is 0.102. The van der Waals surface area contributed by atoms with Gasteiger partial charge in [0.05, 0.1) is 0 Å². The second-order valence-electron chi connectivity index (χ2n) is 6.65. The Hall–Kier alpha value is -3.41. The van der Waals surface area contributed by atoms with Crippen molar-refractivity contribution in [2.75, 3.05) is 17.2 Å². The van der Waals surface area contributed by atoms with E-state index in [0.29, 0.717) is 23.9 Å². The molecule has 150 valence electrons. The lowest BCUT2D eigenvalue weighted by Crippen LogP contribution is -2.15. The van der Waals surface area contributed by atoms with Crippen molar-refractivity contribution in [2.45, 2.75) is 32.8 Å². The summed E-state index contributed by atoms with van der Waals surface area (Å²) < 4.78 is 5.77. The number of rotatable bonds is 10. The fraction of sp³-hybridized carbons (Fsp3) is 0.261. The lowest BCUT2D eigenvalue weighted by atomic mass is 10.2. The number of carbonyl (C=O) groups excluding carboxylic acids is 1. The third-order valence-electron chi connectivity index (χ3n) is 4.31. The maximum atomic E-state index is 12.5. The quantitative estimate of drug-likeness (QED) is 0.481. The zero-order chi connectivity index (χ0) is 20.3. The lowest BCUT2D eigenvalue weighted by Gasteiger charge is -2.09. The van der Waals surface area contributed by atoms with Crippen molar-refractivity contribution in [3.8, 4) is 5.75 Å². The smallest absolute Gasteiger partial charge is 0.274 e. The highest BCUT2D eigenvalue weighted by Crippen LogP contribution is 2.18. The van der Waals surface area contributed by atoms with Crippen LogP contribution >= 0.6 is 0 Å². The van der Waals surface area contributed by atoms with Gasteiger partial charge in [0, 0.05) is 18.4 Å². The molecule has 0 unspecified atom stereocenters. The number of carbonyl (C=O) groups is 1. The van der Waals surface area contributed by atoms with Crippen molar-refractivity contribution in [2.24, 2.45) is 0 Å². The predicted molar refractivity (Wildman–Crippen MR) is 115 cm³/mol. The third-order valence-corrected chi connectivity index (χ3v) is 4.31. The number of nitrogens with one attached hydrogen (secondary N) is 2. The van der Waals surface area contributed by atoms with Crippen molar-refractivity contribution < 1.29 is 9.53 Å².